The van der Waals surface area contributed by atoms with Crippen LogP contribution in [0.1, 0.15) is 58.6 Å². The summed E-state index contributed by atoms with van der Waals surface area (Å²) in [5, 5.41) is 3.41. The maximum absolute atomic E-state index is 14.4. The number of Topliss-reactive ketones (excluding diaryl/α,β-unsaturated/α-hetero) is 1. The molecule has 1 saturated carbocycles. The molecule has 0 spiro atoms. The molecule has 9 rings (SSSR count). The van der Waals surface area contributed by atoms with Crippen LogP contribution in [-0.2, 0) is 11.3 Å². The van der Waals surface area contributed by atoms with Gasteiger partial charge >= 0.3 is 0 Å². The van der Waals surface area contributed by atoms with Gasteiger partial charge in [-0.3, -0.25) is 19.3 Å². The van der Waals surface area contributed by atoms with E-state index in [1.165, 1.54) is 4.90 Å². The predicted octanol–water partition coefficient (Wildman–Crippen LogP) is 6.80. The maximum Gasteiger partial charge on any atom is 0.262 e. The number of nitrogens with zero attached hydrogens (tertiary/aromatic N) is 3. The van der Waals surface area contributed by atoms with Crippen LogP contribution in [0.2, 0.25) is 0 Å². The molecule has 42 heavy (non-hydrogen) atoms. The molecule has 3 aliphatic rings. The van der Waals surface area contributed by atoms with Crippen molar-refractivity contribution < 1.29 is 19.1 Å². The van der Waals surface area contributed by atoms with Crippen LogP contribution in [0.15, 0.2) is 72.8 Å². The summed E-state index contributed by atoms with van der Waals surface area (Å²) in [5.74, 6) is 0.341. The Labute approximate surface area is 240 Å². The molecule has 1 aliphatic carbocycles. The first-order chi connectivity index (χ1) is 20.3. The highest BCUT2D eigenvalue weighted by Gasteiger charge is 2.54. The molecule has 7 heteroatoms. The largest absolute Gasteiger partial charge is 0.497 e. The van der Waals surface area contributed by atoms with E-state index in [0.717, 1.165) is 49.2 Å². The number of hydrogen-bond donors (Lipinski definition) is 0. The van der Waals surface area contributed by atoms with E-state index >= 15 is 0 Å². The molecule has 2 bridgehead atoms. The van der Waals surface area contributed by atoms with Gasteiger partial charge in [-0.1, -0.05) is 62.4 Å². The smallest absolute Gasteiger partial charge is 0.262 e. The van der Waals surface area contributed by atoms with Gasteiger partial charge in [0.05, 0.1) is 41.9 Å². The summed E-state index contributed by atoms with van der Waals surface area (Å²) in [7, 11) is 1.61. The number of para-hydroxylation sites is 2. The minimum absolute atomic E-state index is 0.0834. The van der Waals surface area contributed by atoms with Crippen molar-refractivity contribution in [1.29, 1.82) is 0 Å². The lowest BCUT2D eigenvalue weighted by Crippen LogP contribution is -2.30. The first kappa shape index (κ1) is 23.8. The summed E-state index contributed by atoms with van der Waals surface area (Å²) in [6.07, 6.45) is 0.665. The number of carbonyl (C=O) groups is 3. The van der Waals surface area contributed by atoms with E-state index in [4.69, 9.17) is 4.74 Å². The average Bonchev–Trinajstić information content (AvgIpc) is 3.62. The van der Waals surface area contributed by atoms with Gasteiger partial charge in [0.1, 0.15) is 5.75 Å². The summed E-state index contributed by atoms with van der Waals surface area (Å²) in [6, 6.07) is 23.1. The molecule has 2 amide bonds. The monoisotopic (exact) mass is 553 g/mol. The maximum atomic E-state index is 14.4. The Morgan fingerprint density at radius 2 is 1.31 bits per heavy atom. The van der Waals surface area contributed by atoms with Gasteiger partial charge in [-0.15, -0.1) is 0 Å². The van der Waals surface area contributed by atoms with Crippen molar-refractivity contribution in [2.75, 3.05) is 7.11 Å². The lowest BCUT2D eigenvalue weighted by Gasteiger charge is -2.29. The number of ether oxygens (including phenoxy) is 1. The molecule has 0 N–H and O–H groups in total. The lowest BCUT2D eigenvalue weighted by molar-refractivity contribution is -0.127. The molecular weight excluding hydrogens is 526 g/mol. The van der Waals surface area contributed by atoms with E-state index in [2.05, 4.69) is 15.2 Å². The van der Waals surface area contributed by atoms with Crippen molar-refractivity contribution >= 4 is 61.2 Å². The number of aromatic nitrogens is 2. The minimum atomic E-state index is -0.603. The van der Waals surface area contributed by atoms with Crippen LogP contribution in [0.4, 0.5) is 0 Å². The van der Waals surface area contributed by atoms with Crippen molar-refractivity contribution in [2.24, 2.45) is 5.41 Å². The highest BCUT2D eigenvalue weighted by molar-refractivity contribution is 6.39. The predicted molar refractivity (Wildman–Crippen MR) is 161 cm³/mol. The second-order valence-corrected chi connectivity index (χ2v) is 12.4. The number of methoxy groups -OCH3 is 1. The van der Waals surface area contributed by atoms with Crippen LogP contribution in [0, 0.1) is 5.41 Å². The van der Waals surface area contributed by atoms with E-state index in [-0.39, 0.29) is 36.2 Å². The Morgan fingerprint density at radius 3 is 1.90 bits per heavy atom. The molecule has 0 radical (unpaired) electrons. The molecule has 206 valence electrons. The Balaban J connectivity index is 1.45. The van der Waals surface area contributed by atoms with Crippen LogP contribution in [0.5, 0.6) is 5.75 Å². The molecule has 2 aromatic heterocycles. The quantitative estimate of drug-likeness (QED) is 0.226. The SMILES string of the molecule is COc1ccc(CN2C(=O)c3c(c4c5ccccc5n5c4c4c3c3ccccc3n4C3CC5C(C)(C)C3=O)C2=O)cc1. The Morgan fingerprint density at radius 1 is 0.762 bits per heavy atom. The lowest BCUT2D eigenvalue weighted by atomic mass is 9.85. The van der Waals surface area contributed by atoms with Crippen LogP contribution < -0.4 is 4.74 Å². The first-order valence-corrected chi connectivity index (χ1v) is 14.4. The highest BCUT2D eigenvalue weighted by atomic mass is 16.5. The first-order valence-electron chi connectivity index (χ1n) is 14.4. The van der Waals surface area contributed by atoms with Crippen molar-refractivity contribution in [3.05, 3.63) is 89.5 Å². The number of ketones is 1. The van der Waals surface area contributed by atoms with Crippen molar-refractivity contribution in [2.45, 2.75) is 38.9 Å². The molecule has 2 atom stereocenters. The third-order valence-electron chi connectivity index (χ3n) is 10.1. The van der Waals surface area contributed by atoms with Crippen LogP contribution in [-0.4, -0.2) is 38.7 Å². The molecule has 7 nitrogen and oxygen atoms in total. The molecular formula is C35H27N3O4. The zero-order valence-corrected chi connectivity index (χ0v) is 23.5. The van der Waals surface area contributed by atoms with Gasteiger partial charge in [0.15, 0.2) is 5.78 Å². The van der Waals surface area contributed by atoms with Crippen LogP contribution in [0.25, 0.3) is 43.6 Å². The van der Waals surface area contributed by atoms with Gasteiger partial charge in [-0.25, -0.2) is 0 Å². The number of fused-ring (bicyclic) bond motifs is 13. The topological polar surface area (TPSA) is 73.5 Å². The number of benzene rings is 4. The fourth-order valence-corrected chi connectivity index (χ4v) is 8.10. The normalized spacial score (nSPS) is 20.5. The van der Waals surface area contributed by atoms with Crippen molar-refractivity contribution in [3.8, 4) is 5.75 Å². The second-order valence-electron chi connectivity index (χ2n) is 12.4. The average molecular weight is 554 g/mol. The summed E-state index contributed by atoms with van der Waals surface area (Å²) in [6.45, 7) is 4.26. The summed E-state index contributed by atoms with van der Waals surface area (Å²) in [5.41, 5.74) is 4.88. The fraction of sp³-hybridized carbons (Fsp3) is 0.229. The third kappa shape index (κ3) is 2.61. The van der Waals surface area contributed by atoms with Gasteiger partial charge in [-0.05, 0) is 36.2 Å². The summed E-state index contributed by atoms with van der Waals surface area (Å²) < 4.78 is 9.80. The second kappa shape index (κ2) is 7.68. The van der Waals surface area contributed by atoms with E-state index in [1.807, 2.05) is 80.6 Å². The molecule has 2 unspecified atom stereocenters. The molecule has 4 aromatic carbocycles. The van der Waals surface area contributed by atoms with Crippen LogP contribution in [0.3, 0.4) is 0 Å². The van der Waals surface area contributed by atoms with E-state index < -0.39 is 5.41 Å². The summed E-state index contributed by atoms with van der Waals surface area (Å²) >= 11 is 0. The number of carbonyl (C=O) groups excluding carboxylic acids is 3. The van der Waals surface area contributed by atoms with E-state index in [0.29, 0.717) is 23.3 Å². The van der Waals surface area contributed by atoms with Crippen LogP contribution >= 0.6 is 0 Å². The Hall–Kier alpha value is -4.91. The van der Waals surface area contributed by atoms with Gasteiger partial charge in [0, 0.05) is 44.0 Å². The minimum Gasteiger partial charge on any atom is -0.497 e. The zero-order chi connectivity index (χ0) is 28.7. The molecule has 1 fully saturated rings. The summed E-state index contributed by atoms with van der Waals surface area (Å²) in [4.78, 5) is 44.3. The molecule has 4 heterocycles. The van der Waals surface area contributed by atoms with Gasteiger partial charge in [0.2, 0.25) is 0 Å². The molecule has 0 saturated heterocycles. The zero-order valence-electron chi connectivity index (χ0n) is 23.5. The fourth-order valence-electron chi connectivity index (χ4n) is 8.10. The molecule has 2 aliphatic heterocycles. The van der Waals surface area contributed by atoms with Crippen molar-refractivity contribution in [3.63, 3.8) is 0 Å². The number of amides is 2. The van der Waals surface area contributed by atoms with E-state index in [9.17, 15) is 14.4 Å². The molecule has 6 aromatic rings. The number of rotatable bonds is 3. The number of imide groups is 1. The third-order valence-corrected chi connectivity index (χ3v) is 10.1. The Kier molecular flexibility index (Phi) is 4.34. The van der Waals surface area contributed by atoms with Crippen molar-refractivity contribution in [1.82, 2.24) is 14.0 Å². The van der Waals surface area contributed by atoms with E-state index in [1.54, 1.807) is 7.11 Å². The Bertz CT molecular complexity index is 2230. The van der Waals surface area contributed by atoms with Gasteiger partial charge < -0.3 is 13.9 Å². The highest BCUT2D eigenvalue weighted by Crippen LogP contribution is 2.58. The van der Waals surface area contributed by atoms with Gasteiger partial charge in [-0.2, -0.15) is 0 Å². The standard InChI is InChI=1S/C35H27N3O4/c1-35(2)25-16-24(32(35)39)37-22-10-6-4-8-20(22)26-28-29(27-21-9-5-7-11-23(21)38(25)31(27)30(26)37)34(41)36(33(28)40)17-18-12-14-19(42-3)15-13-18/h4-15,24-25H,16-17H2,1-3H3. The van der Waals surface area contributed by atoms with Gasteiger partial charge in [0.25, 0.3) is 11.8 Å². The number of hydrogen-bond acceptors (Lipinski definition) is 4.